The highest BCUT2D eigenvalue weighted by Gasteiger charge is 2.58. The van der Waals surface area contributed by atoms with E-state index in [1.807, 2.05) is 0 Å². The van der Waals surface area contributed by atoms with Gasteiger partial charge in [-0.2, -0.15) is 0 Å². The van der Waals surface area contributed by atoms with Gasteiger partial charge in [0.05, 0.1) is 5.71 Å². The molecule has 0 saturated heterocycles. The molecule has 2 N–H and O–H groups in total. The van der Waals surface area contributed by atoms with Crippen molar-refractivity contribution in [3.63, 3.8) is 0 Å². The number of oxime groups is 1. The Morgan fingerprint density at radius 2 is 1.93 bits per heavy atom. The molecule has 0 amide bonds. The molecule has 4 aliphatic carbocycles. The number of hydrogen-bond donors (Lipinski definition) is 1. The van der Waals surface area contributed by atoms with E-state index in [0.717, 1.165) is 49.9 Å². The highest BCUT2D eigenvalue weighted by Crippen LogP contribution is 2.63. The number of nitrogens with two attached hydrogens (primary N) is 1. The molecule has 0 spiro atoms. The first-order chi connectivity index (χ1) is 12.5. The molecule has 4 saturated carbocycles. The van der Waals surface area contributed by atoms with E-state index in [-0.39, 0.29) is 17.8 Å². The Morgan fingerprint density at radius 1 is 1.11 bits per heavy atom. The normalized spacial score (nSPS) is 45.3. The maximum Gasteiger partial charge on any atom is 0.139 e. The van der Waals surface area contributed by atoms with Gasteiger partial charge in [-0.05, 0) is 80.5 Å². The first kappa shape index (κ1) is 21.1. The third-order valence-corrected chi connectivity index (χ3v) is 8.85. The summed E-state index contributed by atoms with van der Waals surface area (Å²) in [6.45, 7) is 5.90. The molecule has 5 heteroatoms. The molecular formula is C22H37ClN2O2. The maximum absolute atomic E-state index is 12.6. The van der Waals surface area contributed by atoms with E-state index in [4.69, 9.17) is 10.6 Å². The molecule has 0 heterocycles. The van der Waals surface area contributed by atoms with Crippen molar-refractivity contribution in [3.8, 4) is 0 Å². The molecule has 27 heavy (non-hydrogen) atoms. The topological polar surface area (TPSA) is 64.7 Å². The second-order valence-corrected chi connectivity index (χ2v) is 9.91. The fraction of sp³-hybridized carbons (Fsp3) is 0.909. The van der Waals surface area contributed by atoms with Crippen molar-refractivity contribution in [3.05, 3.63) is 0 Å². The number of halogens is 1. The fourth-order valence-electron chi connectivity index (χ4n) is 7.31. The smallest absolute Gasteiger partial charge is 0.139 e. The highest BCUT2D eigenvalue weighted by molar-refractivity contribution is 5.87. The quantitative estimate of drug-likeness (QED) is 0.553. The third-order valence-electron chi connectivity index (χ3n) is 8.85. The Kier molecular flexibility index (Phi) is 6.27. The van der Waals surface area contributed by atoms with Gasteiger partial charge in [-0.1, -0.05) is 25.4 Å². The lowest BCUT2D eigenvalue weighted by Crippen LogP contribution is -2.49. The van der Waals surface area contributed by atoms with Crippen LogP contribution < -0.4 is 5.73 Å². The Morgan fingerprint density at radius 3 is 2.70 bits per heavy atom. The SMILES string of the molecule is C[C@]12CC/C(=N/OCCN)CC1CCC[C@@H]1[C@@H]2CC[C@]2(C)C(=O)CC[C@@H]12.Cl. The molecule has 0 aromatic carbocycles. The summed E-state index contributed by atoms with van der Waals surface area (Å²) >= 11 is 0. The van der Waals surface area contributed by atoms with Gasteiger partial charge in [-0.3, -0.25) is 4.79 Å². The van der Waals surface area contributed by atoms with E-state index in [9.17, 15) is 4.79 Å². The Balaban J connectivity index is 0.00000210. The molecular weight excluding hydrogens is 360 g/mol. The molecule has 4 aliphatic rings. The third kappa shape index (κ3) is 3.46. The molecule has 0 bridgehead atoms. The van der Waals surface area contributed by atoms with Gasteiger partial charge in [0, 0.05) is 18.4 Å². The van der Waals surface area contributed by atoms with Crippen molar-refractivity contribution in [2.45, 2.75) is 78.1 Å². The number of carbonyl (C=O) groups is 1. The number of hydrogen-bond acceptors (Lipinski definition) is 4. The van der Waals surface area contributed by atoms with E-state index in [0.29, 0.717) is 30.3 Å². The molecule has 0 radical (unpaired) electrons. The van der Waals surface area contributed by atoms with Gasteiger partial charge in [-0.25, -0.2) is 0 Å². The molecule has 0 aliphatic heterocycles. The van der Waals surface area contributed by atoms with Gasteiger partial charge >= 0.3 is 0 Å². The minimum atomic E-state index is -0.00525. The van der Waals surface area contributed by atoms with E-state index in [2.05, 4.69) is 19.0 Å². The number of rotatable bonds is 3. The lowest BCUT2D eigenvalue weighted by atomic mass is 9.50. The van der Waals surface area contributed by atoms with Crippen LogP contribution in [0.1, 0.15) is 78.1 Å². The zero-order chi connectivity index (χ0) is 18.4. The second kappa shape index (κ2) is 8.02. The molecule has 0 aromatic rings. The molecule has 4 fully saturated rings. The minimum Gasteiger partial charge on any atom is -0.395 e. The van der Waals surface area contributed by atoms with Gasteiger partial charge in [0.15, 0.2) is 0 Å². The zero-order valence-corrected chi connectivity index (χ0v) is 17.9. The van der Waals surface area contributed by atoms with Crippen LogP contribution in [0, 0.1) is 34.5 Å². The summed E-state index contributed by atoms with van der Waals surface area (Å²) in [4.78, 5) is 18.0. The van der Waals surface area contributed by atoms with Crippen LogP contribution in [-0.2, 0) is 9.63 Å². The Hall–Kier alpha value is -0.610. The number of nitrogens with zero attached hydrogens (tertiary/aromatic N) is 1. The van der Waals surface area contributed by atoms with E-state index >= 15 is 0 Å². The highest BCUT2D eigenvalue weighted by atomic mass is 35.5. The van der Waals surface area contributed by atoms with Gasteiger partial charge in [0.25, 0.3) is 0 Å². The Labute approximate surface area is 170 Å². The molecule has 4 rings (SSSR count). The van der Waals surface area contributed by atoms with Crippen LogP contribution in [0.2, 0.25) is 0 Å². The average Bonchev–Trinajstić information content (AvgIpc) is 2.84. The van der Waals surface area contributed by atoms with Crippen molar-refractivity contribution < 1.29 is 9.63 Å². The largest absolute Gasteiger partial charge is 0.395 e. The lowest BCUT2D eigenvalue weighted by Gasteiger charge is -2.54. The van der Waals surface area contributed by atoms with Crippen LogP contribution >= 0.6 is 12.4 Å². The summed E-state index contributed by atoms with van der Waals surface area (Å²) < 4.78 is 0. The number of ketones is 1. The van der Waals surface area contributed by atoms with Crippen LogP contribution in [-0.4, -0.2) is 24.6 Å². The van der Waals surface area contributed by atoms with E-state index in [1.165, 1.54) is 37.8 Å². The first-order valence-electron chi connectivity index (χ1n) is 10.9. The molecule has 4 nitrogen and oxygen atoms in total. The standard InChI is InChI=1S/C22H36N2O2.ClH/c1-21-10-8-16(24-26-13-12-23)14-15(21)4-3-5-17-18-6-7-20(25)22(18,2)11-9-19(17)21;/h15,17-19H,3-14,23H2,1-2H3;1H/b24-16-;/t15?,17-,18-,19-,21-,22-;/m0./s1. The van der Waals surface area contributed by atoms with Crippen molar-refractivity contribution in [2.24, 2.45) is 45.4 Å². The van der Waals surface area contributed by atoms with Crippen LogP contribution in [0.25, 0.3) is 0 Å². The number of fused-ring (bicyclic) bond motifs is 5. The fourth-order valence-corrected chi connectivity index (χ4v) is 7.31. The van der Waals surface area contributed by atoms with E-state index < -0.39 is 0 Å². The van der Waals surface area contributed by atoms with Crippen molar-refractivity contribution in [1.82, 2.24) is 0 Å². The summed E-state index contributed by atoms with van der Waals surface area (Å²) in [5.74, 6) is 3.50. The molecule has 154 valence electrons. The summed E-state index contributed by atoms with van der Waals surface area (Å²) in [6.07, 6.45) is 11.7. The molecule has 6 atom stereocenters. The van der Waals surface area contributed by atoms with Crippen LogP contribution in [0.15, 0.2) is 5.16 Å². The summed E-state index contributed by atoms with van der Waals surface area (Å²) in [7, 11) is 0. The monoisotopic (exact) mass is 396 g/mol. The van der Waals surface area contributed by atoms with Crippen LogP contribution in [0.4, 0.5) is 0 Å². The molecule has 0 aromatic heterocycles. The second-order valence-electron chi connectivity index (χ2n) is 9.91. The summed E-state index contributed by atoms with van der Waals surface area (Å²) in [6, 6.07) is 0. The molecule has 1 unspecified atom stereocenters. The van der Waals surface area contributed by atoms with Crippen molar-refractivity contribution in [2.75, 3.05) is 13.2 Å². The van der Waals surface area contributed by atoms with Crippen molar-refractivity contribution >= 4 is 23.9 Å². The van der Waals surface area contributed by atoms with Crippen LogP contribution in [0.3, 0.4) is 0 Å². The van der Waals surface area contributed by atoms with Crippen molar-refractivity contribution in [1.29, 1.82) is 0 Å². The zero-order valence-electron chi connectivity index (χ0n) is 17.0. The summed E-state index contributed by atoms with van der Waals surface area (Å²) in [5.41, 5.74) is 7.17. The minimum absolute atomic E-state index is 0. The average molecular weight is 397 g/mol. The maximum atomic E-state index is 12.6. The van der Waals surface area contributed by atoms with Crippen LogP contribution in [0.5, 0.6) is 0 Å². The lowest BCUT2D eigenvalue weighted by molar-refractivity contribution is -0.132. The van der Waals surface area contributed by atoms with E-state index in [1.54, 1.807) is 0 Å². The predicted molar refractivity (Wildman–Crippen MR) is 111 cm³/mol. The predicted octanol–water partition coefficient (Wildman–Crippen LogP) is 4.74. The van der Waals surface area contributed by atoms with Gasteiger partial charge in [0.2, 0.25) is 0 Å². The first-order valence-corrected chi connectivity index (χ1v) is 10.9. The number of carbonyl (C=O) groups excluding carboxylic acids is 1. The number of Topliss-reactive ketones (excluding diaryl/α,β-unsaturated/α-hetero) is 1. The van der Waals surface area contributed by atoms with Gasteiger partial charge in [-0.15, -0.1) is 12.4 Å². The van der Waals surface area contributed by atoms with Gasteiger partial charge < -0.3 is 10.6 Å². The summed E-state index contributed by atoms with van der Waals surface area (Å²) in [5, 5.41) is 4.40. The van der Waals surface area contributed by atoms with Gasteiger partial charge in [0.1, 0.15) is 12.4 Å². The Bertz CT molecular complexity index is 595.